The molecule has 0 saturated heterocycles. The lowest BCUT2D eigenvalue weighted by atomic mass is 10.1. The van der Waals surface area contributed by atoms with Crippen LogP contribution in [0.1, 0.15) is 28.5 Å². The van der Waals surface area contributed by atoms with E-state index in [9.17, 15) is 4.79 Å². The van der Waals surface area contributed by atoms with Gasteiger partial charge in [0.05, 0.1) is 6.54 Å². The summed E-state index contributed by atoms with van der Waals surface area (Å²) in [6, 6.07) is 9.86. The van der Waals surface area contributed by atoms with E-state index < -0.39 is 0 Å². The maximum atomic E-state index is 12.2. The zero-order valence-corrected chi connectivity index (χ0v) is 13.1. The third-order valence-corrected chi connectivity index (χ3v) is 3.44. The molecule has 7 heteroatoms. The molecule has 7 nitrogen and oxygen atoms in total. The van der Waals surface area contributed by atoms with Crippen LogP contribution in [0.15, 0.2) is 42.9 Å². The second-order valence-electron chi connectivity index (χ2n) is 5.24. The third-order valence-electron chi connectivity index (χ3n) is 3.44. The van der Waals surface area contributed by atoms with Crippen LogP contribution in [0.4, 0.5) is 5.95 Å². The fourth-order valence-electron chi connectivity index (χ4n) is 2.37. The monoisotopic (exact) mass is 310 g/mol. The van der Waals surface area contributed by atoms with Crippen LogP contribution >= 0.6 is 0 Å². The standard InChI is InChI=1S/C16H18N6O/c1-3-22-14(7-8-18-22)15(23)19-16-17-11-21(20-16)10-13-6-4-5-12(2)9-13/h4-9,11H,3,10H2,1-2H3,(H,19,20,23). The van der Waals surface area contributed by atoms with Gasteiger partial charge < -0.3 is 0 Å². The van der Waals surface area contributed by atoms with Crippen LogP contribution in [-0.2, 0) is 13.1 Å². The Labute approximate surface area is 134 Å². The first kappa shape index (κ1) is 15.0. The Morgan fingerprint density at radius 3 is 2.96 bits per heavy atom. The van der Waals surface area contributed by atoms with Gasteiger partial charge in [0.1, 0.15) is 12.0 Å². The number of anilines is 1. The molecule has 1 N–H and O–H groups in total. The summed E-state index contributed by atoms with van der Waals surface area (Å²) in [5.41, 5.74) is 2.82. The van der Waals surface area contributed by atoms with Crippen molar-refractivity contribution in [2.24, 2.45) is 0 Å². The van der Waals surface area contributed by atoms with E-state index in [1.54, 1.807) is 28.0 Å². The lowest BCUT2D eigenvalue weighted by Gasteiger charge is -2.04. The SMILES string of the molecule is CCn1nccc1C(=O)Nc1ncn(Cc2cccc(C)c2)n1. The summed E-state index contributed by atoms with van der Waals surface area (Å²) in [6.07, 6.45) is 3.21. The van der Waals surface area contributed by atoms with E-state index in [0.717, 1.165) is 5.56 Å². The molecule has 23 heavy (non-hydrogen) atoms. The van der Waals surface area contributed by atoms with Crippen LogP contribution in [0.5, 0.6) is 0 Å². The summed E-state index contributed by atoms with van der Waals surface area (Å²) >= 11 is 0. The number of hydrogen-bond donors (Lipinski definition) is 1. The second-order valence-corrected chi connectivity index (χ2v) is 5.24. The molecule has 2 aromatic heterocycles. The molecule has 0 aliphatic rings. The lowest BCUT2D eigenvalue weighted by Crippen LogP contribution is -2.18. The maximum absolute atomic E-state index is 12.2. The molecule has 3 rings (SSSR count). The highest BCUT2D eigenvalue weighted by atomic mass is 16.2. The van der Waals surface area contributed by atoms with Gasteiger partial charge in [-0.25, -0.2) is 9.67 Å². The van der Waals surface area contributed by atoms with Gasteiger partial charge in [0.25, 0.3) is 5.91 Å². The van der Waals surface area contributed by atoms with E-state index in [1.165, 1.54) is 5.56 Å². The fraction of sp³-hybridized carbons (Fsp3) is 0.250. The van der Waals surface area contributed by atoms with Gasteiger partial charge in [0, 0.05) is 12.7 Å². The minimum Gasteiger partial charge on any atom is -0.288 e. The lowest BCUT2D eigenvalue weighted by molar-refractivity contribution is 0.101. The van der Waals surface area contributed by atoms with E-state index in [1.807, 2.05) is 32.0 Å². The Balaban J connectivity index is 1.69. The predicted molar refractivity (Wildman–Crippen MR) is 86.2 cm³/mol. The van der Waals surface area contributed by atoms with Gasteiger partial charge in [-0.1, -0.05) is 29.8 Å². The van der Waals surface area contributed by atoms with Crippen LogP contribution in [0.2, 0.25) is 0 Å². The van der Waals surface area contributed by atoms with Gasteiger partial charge in [-0.2, -0.15) is 5.10 Å². The van der Waals surface area contributed by atoms with Gasteiger partial charge in [0.2, 0.25) is 5.95 Å². The van der Waals surface area contributed by atoms with Crippen LogP contribution in [0.3, 0.4) is 0 Å². The van der Waals surface area contributed by atoms with Gasteiger partial charge in [-0.3, -0.25) is 14.8 Å². The number of hydrogen-bond acceptors (Lipinski definition) is 4. The van der Waals surface area contributed by atoms with Gasteiger partial charge >= 0.3 is 0 Å². The predicted octanol–water partition coefficient (Wildman–Crippen LogP) is 2.10. The van der Waals surface area contributed by atoms with E-state index in [4.69, 9.17) is 0 Å². The van der Waals surface area contributed by atoms with Crippen molar-refractivity contribution in [2.45, 2.75) is 26.9 Å². The molecule has 2 heterocycles. The number of nitrogens with one attached hydrogen (secondary N) is 1. The van der Waals surface area contributed by atoms with Crippen molar-refractivity contribution >= 4 is 11.9 Å². The van der Waals surface area contributed by atoms with Crippen molar-refractivity contribution in [1.29, 1.82) is 0 Å². The normalized spacial score (nSPS) is 10.7. The molecule has 1 amide bonds. The minimum atomic E-state index is -0.266. The fourth-order valence-corrected chi connectivity index (χ4v) is 2.37. The van der Waals surface area contributed by atoms with Gasteiger partial charge in [0.15, 0.2) is 0 Å². The molecule has 0 fully saturated rings. The minimum absolute atomic E-state index is 0.266. The number of rotatable bonds is 5. The summed E-state index contributed by atoms with van der Waals surface area (Å²) < 4.78 is 3.32. The Morgan fingerprint density at radius 1 is 1.30 bits per heavy atom. The molecule has 3 aromatic rings. The van der Waals surface area contributed by atoms with Crippen molar-refractivity contribution in [3.63, 3.8) is 0 Å². The number of amides is 1. The van der Waals surface area contributed by atoms with Crippen LogP contribution in [0, 0.1) is 6.92 Å². The number of carbonyl (C=O) groups is 1. The number of aryl methyl sites for hydroxylation is 2. The van der Waals surface area contributed by atoms with E-state index in [2.05, 4.69) is 26.6 Å². The summed E-state index contributed by atoms with van der Waals surface area (Å²) in [6.45, 7) is 5.22. The average Bonchev–Trinajstić information content (AvgIpc) is 3.16. The van der Waals surface area contributed by atoms with Crippen molar-refractivity contribution in [3.8, 4) is 0 Å². The van der Waals surface area contributed by atoms with Crippen molar-refractivity contribution < 1.29 is 4.79 Å². The van der Waals surface area contributed by atoms with E-state index in [0.29, 0.717) is 18.8 Å². The molecule has 0 radical (unpaired) electrons. The molecular weight excluding hydrogens is 292 g/mol. The molecule has 1 aromatic carbocycles. The van der Waals surface area contributed by atoms with Crippen molar-refractivity contribution in [3.05, 3.63) is 59.7 Å². The number of aromatic nitrogens is 5. The summed E-state index contributed by atoms with van der Waals surface area (Å²) in [7, 11) is 0. The smallest absolute Gasteiger partial charge is 0.276 e. The van der Waals surface area contributed by atoms with Crippen LogP contribution in [0.25, 0.3) is 0 Å². The summed E-state index contributed by atoms with van der Waals surface area (Å²) in [5.74, 6) is 0.0177. The Kier molecular flexibility index (Phi) is 4.18. The highest BCUT2D eigenvalue weighted by molar-refractivity contribution is 6.01. The highest BCUT2D eigenvalue weighted by Gasteiger charge is 2.13. The Hall–Kier alpha value is -2.96. The molecule has 0 aliphatic carbocycles. The maximum Gasteiger partial charge on any atom is 0.276 e. The topological polar surface area (TPSA) is 77.6 Å². The zero-order chi connectivity index (χ0) is 16.2. The van der Waals surface area contributed by atoms with E-state index in [-0.39, 0.29) is 11.9 Å². The first-order valence-electron chi connectivity index (χ1n) is 7.44. The third kappa shape index (κ3) is 3.45. The molecule has 0 saturated carbocycles. The molecule has 118 valence electrons. The number of carbonyl (C=O) groups excluding carboxylic acids is 1. The number of benzene rings is 1. The Morgan fingerprint density at radius 2 is 2.17 bits per heavy atom. The first-order valence-corrected chi connectivity index (χ1v) is 7.44. The zero-order valence-electron chi connectivity index (χ0n) is 13.1. The van der Waals surface area contributed by atoms with E-state index >= 15 is 0 Å². The molecular formula is C16H18N6O. The summed E-state index contributed by atoms with van der Waals surface area (Å²) in [5, 5.41) is 11.1. The molecule has 0 unspecified atom stereocenters. The molecule has 0 spiro atoms. The molecule has 0 bridgehead atoms. The van der Waals surface area contributed by atoms with Gasteiger partial charge in [-0.05, 0) is 25.5 Å². The van der Waals surface area contributed by atoms with Crippen molar-refractivity contribution in [2.75, 3.05) is 5.32 Å². The van der Waals surface area contributed by atoms with Crippen LogP contribution in [-0.4, -0.2) is 30.5 Å². The molecule has 0 atom stereocenters. The first-order chi connectivity index (χ1) is 11.2. The largest absolute Gasteiger partial charge is 0.288 e. The van der Waals surface area contributed by atoms with Crippen molar-refractivity contribution in [1.82, 2.24) is 24.5 Å². The van der Waals surface area contributed by atoms with Crippen LogP contribution < -0.4 is 5.32 Å². The van der Waals surface area contributed by atoms with Gasteiger partial charge in [-0.15, -0.1) is 5.10 Å². The second kappa shape index (κ2) is 6.43. The highest BCUT2D eigenvalue weighted by Crippen LogP contribution is 2.08. The molecule has 0 aliphatic heterocycles. The Bertz CT molecular complexity index is 819. The number of nitrogens with zero attached hydrogens (tertiary/aromatic N) is 5. The summed E-state index contributed by atoms with van der Waals surface area (Å²) in [4.78, 5) is 16.3. The average molecular weight is 310 g/mol. The quantitative estimate of drug-likeness (QED) is 0.783.